The zero-order valence-corrected chi connectivity index (χ0v) is 78.8. The van der Waals surface area contributed by atoms with E-state index >= 15 is 0 Å². The number of likely N-dealkylation sites (N-methyl/N-ethyl adjacent to an activating group) is 2. The number of rotatable bonds is 48. The van der Waals surface area contributed by atoms with Gasteiger partial charge in [0.15, 0.2) is 24.5 Å². The molecule has 0 aliphatic carbocycles. The molecule has 0 saturated carbocycles. The highest BCUT2D eigenvalue weighted by atomic mass is 32.2. The van der Waals surface area contributed by atoms with Crippen LogP contribution in [0.15, 0.2) is 117 Å². The van der Waals surface area contributed by atoms with E-state index in [2.05, 4.69) is 97.7 Å². The Hall–Kier alpha value is -13.8. The number of carbonyl (C=O) groups is 12. The molecule has 4 aromatic carbocycles. The summed E-state index contributed by atoms with van der Waals surface area (Å²) in [5.74, 6) is -10.6. The van der Waals surface area contributed by atoms with Crippen molar-refractivity contribution in [1.29, 1.82) is 0 Å². The first-order valence-electron chi connectivity index (χ1n) is 44.0. The molecule has 18 N–H and O–H groups in total. The second-order valence-corrected chi connectivity index (χ2v) is 35.9. The minimum atomic E-state index is -4.65. The summed E-state index contributed by atoms with van der Waals surface area (Å²) in [6, 6.07) is 6.92. The molecule has 1 aliphatic rings. The number of imidazole rings is 2. The largest absolute Gasteiger partial charge is 0.494 e. The van der Waals surface area contributed by atoms with Gasteiger partial charge in [-0.2, -0.15) is 9.44 Å². The molecule has 1 aliphatic heterocycles. The summed E-state index contributed by atoms with van der Waals surface area (Å²) < 4.78 is 74.4. The highest BCUT2D eigenvalue weighted by Crippen LogP contribution is 2.29. The average molecular weight is 1930 g/mol. The number of aryl methyl sites for hydroxylation is 6. The van der Waals surface area contributed by atoms with Crippen LogP contribution in [0.25, 0.3) is 21.8 Å². The summed E-state index contributed by atoms with van der Waals surface area (Å²) >= 11 is 0. The third-order valence-corrected chi connectivity index (χ3v) is 25.8. The van der Waals surface area contributed by atoms with Crippen LogP contribution in [-0.4, -0.2) is 314 Å². The van der Waals surface area contributed by atoms with E-state index in [0.717, 1.165) is 11.1 Å². The molecular formula is C88H119N23O23S2. The third-order valence-electron chi connectivity index (χ3n) is 22.3. The van der Waals surface area contributed by atoms with Gasteiger partial charge in [0.05, 0.1) is 40.5 Å². The number of aromatic amines is 2. The van der Waals surface area contributed by atoms with Crippen molar-refractivity contribution < 1.29 is 99.2 Å². The molecule has 9 rings (SSSR count). The number of carbonyl (C=O) groups excluding carboxylic acids is 9. The zero-order chi connectivity index (χ0) is 99.3. The number of carboxylic acids is 3. The fourth-order valence-electron chi connectivity index (χ4n) is 15.0. The number of amides is 9. The summed E-state index contributed by atoms with van der Waals surface area (Å²) in [4.78, 5) is 209. The number of pyridine rings is 2. The fraction of sp³-hybridized carbons (Fsp3) is 0.455. The standard InChI is InChI=1S/C88H119N23O23S2/c1-11-64(81(121)91-22-20-89-70(112)15-14-36-133-58-37-52(4)77(53(5)38-58)135(129,130)104-66(85(125)126)45-97-79(119)62-47-107(9)68-41-56(16-18-60(68)75(62)117)43-99-87-93-24-25-94-87)101-83(123)74(103-71(113)49-110-33-32-109(13-3)30-28-106(8)29-31-111(35-34-110)50-73(115)116)84(124)102-65(12-2)82(122)92-23-21-90-72(114)51-134-59-39-54(6)78(55(7)40-59)136(131,132)105-67(86(127)128)46-98-80(120)63-48-108(10)69-42-57(17-19-61(69)76(63)118)44-100-88-95-26-27-96-88/h16-19,24-27,37-42,47-48,64-67,74,104-105H,11-15,20-23,28-36,43-46,49-51H2,1-10H3,(H,89,112)(H,90,114)(H,91,121)(H,92,122)(H,97,119)(H,98,120)(H,101,123)(H,102,124)(H,103,113)(H,115,116)(H,125,126)(H,127,128)(H2,93,94,99)(H2,95,96,100)/t64?,65?,66?,67?,74-/m0/s1. The van der Waals surface area contributed by atoms with E-state index in [4.69, 9.17) is 9.47 Å². The van der Waals surface area contributed by atoms with E-state index in [1.807, 2.05) is 14.0 Å². The van der Waals surface area contributed by atoms with E-state index < -0.39 is 152 Å². The lowest BCUT2D eigenvalue weighted by atomic mass is 10.1. The van der Waals surface area contributed by atoms with Crippen LogP contribution < -0.4 is 88.3 Å². The van der Waals surface area contributed by atoms with Gasteiger partial charge >= 0.3 is 17.9 Å². The smallest absolute Gasteiger partial charge is 0.323 e. The van der Waals surface area contributed by atoms with E-state index in [1.165, 1.54) is 64.4 Å². The molecule has 136 heavy (non-hydrogen) atoms. The molecule has 48 heteroatoms. The lowest BCUT2D eigenvalue weighted by Gasteiger charge is -2.32. The molecular weight excluding hydrogens is 1810 g/mol. The molecule has 0 radical (unpaired) electrons. The predicted octanol–water partition coefficient (Wildman–Crippen LogP) is -1.45. The van der Waals surface area contributed by atoms with Crippen LogP contribution in [0.5, 0.6) is 11.5 Å². The van der Waals surface area contributed by atoms with Crippen LogP contribution >= 0.6 is 0 Å². The number of aliphatic carboxylic acids is 3. The number of hydrogen-bond donors (Lipinski definition) is 18. The molecule has 4 aromatic heterocycles. The van der Waals surface area contributed by atoms with Gasteiger partial charge in [0.2, 0.25) is 54.5 Å². The molecule has 9 amide bonds. The maximum Gasteiger partial charge on any atom is 0.323 e. The number of nitrogens with one attached hydrogen (secondary N) is 15. The van der Waals surface area contributed by atoms with Crippen LogP contribution in [0.2, 0.25) is 0 Å². The quantitative estimate of drug-likeness (QED) is 0.0153. The van der Waals surface area contributed by atoms with Crippen molar-refractivity contribution in [1.82, 2.24) is 106 Å². The molecule has 0 spiro atoms. The van der Waals surface area contributed by atoms with Crippen molar-refractivity contribution in [3.63, 3.8) is 0 Å². The van der Waals surface area contributed by atoms with Crippen molar-refractivity contribution in [2.75, 3.05) is 142 Å². The van der Waals surface area contributed by atoms with Crippen molar-refractivity contribution in [2.45, 2.75) is 127 Å². The van der Waals surface area contributed by atoms with Gasteiger partial charge in [0.1, 0.15) is 46.8 Å². The lowest BCUT2D eigenvalue weighted by Crippen LogP contribution is -2.62. The second-order valence-electron chi connectivity index (χ2n) is 32.6. The lowest BCUT2D eigenvalue weighted by molar-refractivity contribution is -0.140. The third kappa shape index (κ3) is 30.6. The first-order valence-corrected chi connectivity index (χ1v) is 46.9. The Morgan fingerprint density at radius 3 is 1.31 bits per heavy atom. The summed E-state index contributed by atoms with van der Waals surface area (Å²) in [6.07, 6.45) is 9.05. The number of nitrogens with zero attached hydrogens (tertiary/aromatic N) is 8. The summed E-state index contributed by atoms with van der Waals surface area (Å²) in [5.41, 5.74) is 1.22. The van der Waals surface area contributed by atoms with Crippen molar-refractivity contribution in [2.24, 2.45) is 14.1 Å². The molecule has 5 atom stereocenters. The van der Waals surface area contributed by atoms with Crippen LogP contribution in [-0.2, 0) is 95.2 Å². The van der Waals surface area contributed by atoms with Crippen molar-refractivity contribution in [3.05, 3.63) is 163 Å². The van der Waals surface area contributed by atoms with Gasteiger partial charge < -0.3 is 112 Å². The summed E-state index contributed by atoms with van der Waals surface area (Å²) in [5, 5.41) is 59.4. The topological polar surface area (TPSA) is 623 Å². The SMILES string of the molecule is CCC(NC(=O)[C@H](NC(=O)CN1CCN(CC)CCN(C)CCN(CC(=O)O)CC1)C(=O)NC(CC)C(=O)NCCNC(=O)COc1cc(C)c(S(=O)(=O)NC(CNC(=O)c2cn(C)c3cc(CNc4ncc[nH]4)ccc3c2=O)C(=O)O)c(C)c1)C(=O)NCCNC(=O)CCCOc1cc(C)c(S(=O)(=O)NC(CNC(=O)c2cn(C)c3cc(CNc4ncc[nH]4)ccc3c2=O)C(=O)O)c(C)c1. The van der Waals surface area contributed by atoms with E-state index in [-0.39, 0.29) is 150 Å². The summed E-state index contributed by atoms with van der Waals surface area (Å²) in [7, 11) is -4.04. The van der Waals surface area contributed by atoms with Crippen molar-refractivity contribution in [3.8, 4) is 11.5 Å². The number of carboxylic acid groups (broad SMARTS) is 3. The Morgan fingerprint density at radius 1 is 0.478 bits per heavy atom. The van der Waals surface area contributed by atoms with Gasteiger partial charge in [0.25, 0.3) is 29.5 Å². The second kappa shape index (κ2) is 50.0. The number of sulfonamides is 2. The normalized spacial score (nSPS) is 14.3. The van der Waals surface area contributed by atoms with Gasteiger partial charge in [0, 0.05) is 173 Å². The minimum Gasteiger partial charge on any atom is -0.494 e. The zero-order valence-electron chi connectivity index (χ0n) is 77.2. The van der Waals surface area contributed by atoms with Gasteiger partial charge in [-0.25, -0.2) is 26.8 Å². The van der Waals surface area contributed by atoms with Gasteiger partial charge in [-0.15, -0.1) is 0 Å². The molecule has 1 saturated heterocycles. The van der Waals surface area contributed by atoms with Gasteiger partial charge in [-0.3, -0.25) is 76.9 Å². The number of H-pyrrole nitrogens is 2. The molecule has 0 bridgehead atoms. The van der Waals surface area contributed by atoms with E-state index in [0.29, 0.717) is 81.8 Å². The average Bonchev–Trinajstić information content (AvgIpc) is 1.08. The Kier molecular flexibility index (Phi) is 38.9. The first kappa shape index (κ1) is 106. The number of aromatic nitrogens is 6. The van der Waals surface area contributed by atoms with Gasteiger partial charge in [-0.1, -0.05) is 32.9 Å². The molecule has 1 fully saturated rings. The molecule has 46 nitrogen and oxygen atoms in total. The summed E-state index contributed by atoms with van der Waals surface area (Å²) in [6.45, 7) is 12.4. The van der Waals surface area contributed by atoms with E-state index in [1.54, 1.807) is 108 Å². The Morgan fingerprint density at radius 2 is 0.890 bits per heavy atom. The maximum atomic E-state index is 14.5. The predicted molar refractivity (Wildman–Crippen MR) is 499 cm³/mol. The number of benzene rings is 4. The molecule has 4 unspecified atom stereocenters. The fourth-order valence-corrected chi connectivity index (χ4v) is 18.3. The number of anilines is 2. The van der Waals surface area contributed by atoms with Crippen LogP contribution in [0, 0.1) is 27.7 Å². The Labute approximate surface area is 783 Å². The molecule has 736 valence electrons. The maximum absolute atomic E-state index is 14.5. The Balaban J connectivity index is 0.741. The van der Waals surface area contributed by atoms with E-state index in [9.17, 15) is 99.3 Å². The number of fused-ring (bicyclic) bond motifs is 2. The Bertz CT molecular complexity index is 5970. The highest BCUT2D eigenvalue weighted by molar-refractivity contribution is 7.90. The monoisotopic (exact) mass is 1930 g/mol. The van der Waals surface area contributed by atoms with Gasteiger partial charge in [-0.05, 0) is 142 Å². The van der Waals surface area contributed by atoms with Crippen LogP contribution in [0.4, 0.5) is 11.9 Å². The molecule has 8 aromatic rings. The van der Waals surface area contributed by atoms with Crippen LogP contribution in [0.1, 0.15) is 101 Å². The number of hydrogen-bond acceptors (Lipinski definition) is 28. The minimum absolute atomic E-state index is 0.0243. The first-order chi connectivity index (χ1) is 64.6. The van der Waals surface area contributed by atoms with Crippen molar-refractivity contribution >= 4 is 125 Å². The highest BCUT2D eigenvalue weighted by Gasteiger charge is 2.37. The molecule has 5 heterocycles. The number of ether oxygens (including phenoxy) is 2. The van der Waals surface area contributed by atoms with Crippen LogP contribution in [0.3, 0.4) is 0 Å².